The van der Waals surface area contributed by atoms with Gasteiger partial charge in [-0.1, -0.05) is 13.8 Å². The Balaban J connectivity index is 3.09. The average Bonchev–Trinajstić information content (AvgIpc) is 2.21. The zero-order valence-electron chi connectivity index (χ0n) is 11.2. The Labute approximate surface area is 117 Å². The van der Waals surface area contributed by atoms with Gasteiger partial charge in [-0.05, 0) is 49.0 Å². The zero-order chi connectivity index (χ0) is 13.0. The lowest BCUT2D eigenvalue weighted by molar-refractivity contribution is 0.389. The van der Waals surface area contributed by atoms with Crippen LogP contribution >= 0.6 is 22.6 Å². The highest BCUT2D eigenvalue weighted by atomic mass is 127. The summed E-state index contributed by atoms with van der Waals surface area (Å²) >= 11 is 2.32. The Morgan fingerprint density at radius 1 is 1.29 bits per heavy atom. The van der Waals surface area contributed by atoms with E-state index in [4.69, 9.17) is 0 Å². The van der Waals surface area contributed by atoms with Crippen LogP contribution in [0.2, 0.25) is 0 Å². The van der Waals surface area contributed by atoms with Crippen molar-refractivity contribution in [3.63, 3.8) is 0 Å². The van der Waals surface area contributed by atoms with Gasteiger partial charge < -0.3 is 10.2 Å². The van der Waals surface area contributed by atoms with Gasteiger partial charge >= 0.3 is 0 Å². The lowest BCUT2D eigenvalue weighted by Gasteiger charge is -2.14. The molecule has 0 aliphatic rings. The molecule has 96 valence electrons. The predicted octanol–water partition coefficient (Wildman–Crippen LogP) is 2.38. The van der Waals surface area contributed by atoms with Gasteiger partial charge in [0.15, 0.2) is 0 Å². The summed E-state index contributed by atoms with van der Waals surface area (Å²) in [4.78, 5) is 11.3. The van der Waals surface area contributed by atoms with Crippen LogP contribution in [0.5, 0.6) is 0 Å². The van der Waals surface area contributed by atoms with E-state index in [1.54, 1.807) is 0 Å². The lowest BCUT2D eigenvalue weighted by atomic mass is 10.1. The largest absolute Gasteiger partial charge is 0.372 e. The molecule has 0 aromatic carbocycles. The highest BCUT2D eigenvalue weighted by Gasteiger charge is 2.12. The lowest BCUT2D eigenvalue weighted by Crippen LogP contribution is -2.16. The number of rotatable bonds is 5. The van der Waals surface area contributed by atoms with Crippen molar-refractivity contribution < 1.29 is 0 Å². The highest BCUT2D eigenvalue weighted by molar-refractivity contribution is 14.1. The van der Waals surface area contributed by atoms with Crippen molar-refractivity contribution in [3.05, 3.63) is 15.1 Å². The van der Waals surface area contributed by atoms with Gasteiger partial charge in [-0.15, -0.1) is 0 Å². The first kappa shape index (κ1) is 14.6. The summed E-state index contributed by atoms with van der Waals surface area (Å²) in [6.07, 6.45) is 0.996. The second kappa shape index (κ2) is 6.49. The van der Waals surface area contributed by atoms with E-state index in [0.29, 0.717) is 5.92 Å². The third kappa shape index (κ3) is 4.39. The molecule has 0 aliphatic heterocycles. The SMILES string of the molecule is CNc1nc(CN(C)C)nc(CC(C)C)c1I. The molecule has 0 saturated carbocycles. The van der Waals surface area contributed by atoms with Crippen LogP contribution < -0.4 is 5.32 Å². The minimum absolute atomic E-state index is 0.607. The van der Waals surface area contributed by atoms with E-state index in [1.807, 2.05) is 21.1 Å². The minimum atomic E-state index is 0.607. The fraction of sp³-hybridized carbons (Fsp3) is 0.667. The van der Waals surface area contributed by atoms with Crippen molar-refractivity contribution in [2.24, 2.45) is 5.92 Å². The molecule has 5 heteroatoms. The van der Waals surface area contributed by atoms with Crippen LogP contribution in [-0.2, 0) is 13.0 Å². The molecule has 0 atom stereocenters. The second-order valence-corrected chi connectivity index (χ2v) is 5.91. The van der Waals surface area contributed by atoms with Gasteiger partial charge in [0.1, 0.15) is 11.6 Å². The van der Waals surface area contributed by atoms with Crippen molar-refractivity contribution in [1.82, 2.24) is 14.9 Å². The van der Waals surface area contributed by atoms with Crippen LogP contribution in [-0.4, -0.2) is 36.0 Å². The Hall–Kier alpha value is -0.430. The molecule has 1 N–H and O–H groups in total. The molecule has 0 radical (unpaired) electrons. The van der Waals surface area contributed by atoms with E-state index in [-0.39, 0.29) is 0 Å². The molecule has 17 heavy (non-hydrogen) atoms. The standard InChI is InChI=1S/C12H21IN4/c1-8(2)6-9-11(13)12(14-3)16-10(15-9)7-17(4)5/h8H,6-7H2,1-5H3,(H,14,15,16). The molecule has 0 bridgehead atoms. The third-order valence-corrected chi connectivity index (χ3v) is 3.40. The molecule has 0 spiro atoms. The van der Waals surface area contributed by atoms with Crippen LogP contribution in [0.25, 0.3) is 0 Å². The normalized spacial score (nSPS) is 11.3. The van der Waals surface area contributed by atoms with Crippen molar-refractivity contribution in [2.45, 2.75) is 26.8 Å². The van der Waals surface area contributed by atoms with Gasteiger partial charge in [0.2, 0.25) is 0 Å². The minimum Gasteiger partial charge on any atom is -0.372 e. The Morgan fingerprint density at radius 2 is 1.94 bits per heavy atom. The first-order valence-electron chi connectivity index (χ1n) is 5.81. The topological polar surface area (TPSA) is 41.1 Å². The fourth-order valence-corrected chi connectivity index (χ4v) is 2.32. The molecule has 4 nitrogen and oxygen atoms in total. The Kier molecular flexibility index (Phi) is 5.58. The molecule has 0 amide bonds. The number of nitrogens with one attached hydrogen (secondary N) is 1. The van der Waals surface area contributed by atoms with Crippen LogP contribution in [0.3, 0.4) is 0 Å². The number of aromatic nitrogens is 2. The summed E-state index contributed by atoms with van der Waals surface area (Å²) in [5.41, 5.74) is 1.15. The van der Waals surface area contributed by atoms with Crippen molar-refractivity contribution >= 4 is 28.4 Å². The Morgan fingerprint density at radius 3 is 2.41 bits per heavy atom. The van der Waals surface area contributed by atoms with Crippen molar-refractivity contribution in [3.8, 4) is 0 Å². The molecular weight excluding hydrogens is 327 g/mol. The van der Waals surface area contributed by atoms with Gasteiger partial charge in [-0.2, -0.15) is 0 Å². The van der Waals surface area contributed by atoms with E-state index in [0.717, 1.165) is 33.9 Å². The predicted molar refractivity (Wildman–Crippen MR) is 80.2 cm³/mol. The zero-order valence-corrected chi connectivity index (χ0v) is 13.4. The maximum atomic E-state index is 4.66. The van der Waals surface area contributed by atoms with E-state index < -0.39 is 0 Å². The first-order chi connectivity index (χ1) is 7.93. The average molecular weight is 348 g/mol. The second-order valence-electron chi connectivity index (χ2n) is 4.83. The van der Waals surface area contributed by atoms with Gasteiger partial charge in [0.05, 0.1) is 15.8 Å². The summed E-state index contributed by atoms with van der Waals surface area (Å²) in [5, 5.41) is 3.15. The third-order valence-electron chi connectivity index (χ3n) is 2.26. The quantitative estimate of drug-likeness (QED) is 0.830. The van der Waals surface area contributed by atoms with Gasteiger partial charge in [-0.25, -0.2) is 9.97 Å². The molecule has 0 saturated heterocycles. The van der Waals surface area contributed by atoms with Crippen LogP contribution in [0.4, 0.5) is 5.82 Å². The molecule has 0 fully saturated rings. The van der Waals surface area contributed by atoms with Gasteiger partial charge in [-0.3, -0.25) is 0 Å². The molecule has 1 heterocycles. The molecule has 1 aromatic rings. The number of nitrogens with zero attached hydrogens (tertiary/aromatic N) is 3. The summed E-state index contributed by atoms with van der Waals surface area (Å²) < 4.78 is 1.14. The molecule has 0 aliphatic carbocycles. The van der Waals surface area contributed by atoms with E-state index in [9.17, 15) is 0 Å². The number of hydrogen-bond donors (Lipinski definition) is 1. The van der Waals surface area contributed by atoms with Crippen molar-refractivity contribution in [1.29, 1.82) is 0 Å². The molecular formula is C12H21IN4. The monoisotopic (exact) mass is 348 g/mol. The maximum Gasteiger partial charge on any atom is 0.145 e. The van der Waals surface area contributed by atoms with Gasteiger partial charge in [0, 0.05) is 7.05 Å². The fourth-order valence-electron chi connectivity index (χ4n) is 1.59. The smallest absolute Gasteiger partial charge is 0.145 e. The Bertz CT molecular complexity index is 377. The number of hydrogen-bond acceptors (Lipinski definition) is 4. The van der Waals surface area contributed by atoms with Crippen LogP contribution in [0, 0.1) is 9.49 Å². The number of anilines is 1. The van der Waals surface area contributed by atoms with E-state index >= 15 is 0 Å². The molecule has 1 aromatic heterocycles. The summed E-state index contributed by atoms with van der Waals surface area (Å²) in [7, 11) is 5.97. The maximum absolute atomic E-state index is 4.66. The van der Waals surface area contributed by atoms with Crippen LogP contribution in [0.15, 0.2) is 0 Å². The summed E-state index contributed by atoms with van der Waals surface area (Å²) in [6, 6.07) is 0. The summed E-state index contributed by atoms with van der Waals surface area (Å²) in [6.45, 7) is 5.20. The first-order valence-corrected chi connectivity index (χ1v) is 6.89. The van der Waals surface area contributed by atoms with Gasteiger partial charge in [0.25, 0.3) is 0 Å². The molecule has 1 rings (SSSR count). The highest BCUT2D eigenvalue weighted by Crippen LogP contribution is 2.21. The number of halogens is 1. The van der Waals surface area contributed by atoms with Crippen molar-refractivity contribution in [2.75, 3.05) is 26.5 Å². The van der Waals surface area contributed by atoms with Crippen LogP contribution in [0.1, 0.15) is 25.4 Å². The van der Waals surface area contributed by atoms with E-state index in [2.05, 4.69) is 56.6 Å². The van der Waals surface area contributed by atoms with E-state index in [1.165, 1.54) is 0 Å². The molecule has 0 unspecified atom stereocenters. The summed E-state index contributed by atoms with van der Waals surface area (Å²) in [5.74, 6) is 2.43.